The molecule has 0 aliphatic rings. The van der Waals surface area contributed by atoms with Crippen molar-refractivity contribution in [3.8, 4) is 0 Å². The lowest BCUT2D eigenvalue weighted by atomic mass is 10.7. The Morgan fingerprint density at radius 3 is 1.88 bits per heavy atom. The minimum Gasteiger partial charge on any atom is -0.480 e. The Hall–Kier alpha value is -0.510. The van der Waals surface area contributed by atoms with Crippen LogP contribution in [0.5, 0.6) is 0 Å². The molecule has 0 aromatic rings. The molecule has 1 atom stereocenters. The molecule has 0 bridgehead atoms. The summed E-state index contributed by atoms with van der Waals surface area (Å²) in [6.45, 7) is -0.278. The Morgan fingerprint density at radius 1 is 1.75 bits per heavy atom. The molecule has 0 amide bonds. The van der Waals surface area contributed by atoms with E-state index in [0.717, 1.165) is 0 Å². The molecule has 0 aromatic carbocycles. The molecule has 0 heterocycles. The molecule has 1 unspecified atom stereocenters. The van der Waals surface area contributed by atoms with E-state index in [2.05, 4.69) is 5.73 Å². The SMILES string of the molecule is NCC(=O)O.O=[PH+]O. The van der Waals surface area contributed by atoms with Gasteiger partial charge < -0.3 is 10.8 Å². The van der Waals surface area contributed by atoms with Crippen LogP contribution in [0.25, 0.3) is 0 Å². The Bertz CT molecular complexity index is 74.4. The van der Waals surface area contributed by atoms with Crippen LogP contribution in [0, 0.1) is 0 Å². The van der Waals surface area contributed by atoms with E-state index in [0.29, 0.717) is 0 Å². The van der Waals surface area contributed by atoms with Crippen molar-refractivity contribution in [1.82, 2.24) is 0 Å². The van der Waals surface area contributed by atoms with Crippen molar-refractivity contribution in [1.29, 1.82) is 0 Å². The lowest BCUT2D eigenvalue weighted by molar-refractivity contribution is -0.135. The van der Waals surface area contributed by atoms with E-state index in [4.69, 9.17) is 14.6 Å². The van der Waals surface area contributed by atoms with Gasteiger partial charge in [0.15, 0.2) is 0 Å². The number of carboxylic acids is 1. The second-order valence-corrected chi connectivity index (χ2v) is 0.872. The summed E-state index contributed by atoms with van der Waals surface area (Å²) in [6, 6.07) is 0. The van der Waals surface area contributed by atoms with Crippen molar-refractivity contribution in [3.63, 3.8) is 0 Å². The first-order valence-corrected chi connectivity index (χ1v) is 2.47. The van der Waals surface area contributed by atoms with Crippen LogP contribution in [-0.4, -0.2) is 22.5 Å². The largest absolute Gasteiger partial charge is 0.491 e. The average molecular weight is 140 g/mol. The molecule has 0 aliphatic heterocycles. The topological polar surface area (TPSA) is 101 Å². The van der Waals surface area contributed by atoms with Crippen LogP contribution in [-0.2, 0) is 9.36 Å². The molecule has 0 rings (SSSR count). The van der Waals surface area contributed by atoms with E-state index in [9.17, 15) is 4.79 Å². The summed E-state index contributed by atoms with van der Waals surface area (Å²) in [5.74, 6) is -0.968. The molecular formula is C2H7NO4P+. The highest BCUT2D eigenvalue weighted by Gasteiger charge is 1.81. The van der Waals surface area contributed by atoms with E-state index in [1.165, 1.54) is 0 Å². The van der Waals surface area contributed by atoms with Crippen LogP contribution in [0.1, 0.15) is 0 Å². The molecule has 0 spiro atoms. The van der Waals surface area contributed by atoms with Gasteiger partial charge in [-0.1, -0.05) is 0 Å². The third-order valence-electron chi connectivity index (χ3n) is 0.175. The second kappa shape index (κ2) is 9.70. The summed E-state index contributed by atoms with van der Waals surface area (Å²) in [6.07, 6.45) is 0. The minimum atomic E-state index is -1.17. The molecule has 0 saturated carbocycles. The molecule has 8 heavy (non-hydrogen) atoms. The molecule has 48 valence electrons. The fraction of sp³-hybridized carbons (Fsp3) is 0.500. The lowest BCUT2D eigenvalue weighted by Crippen LogP contribution is -2.10. The highest BCUT2D eigenvalue weighted by atomic mass is 31.1. The second-order valence-electron chi connectivity index (χ2n) is 0.689. The maximum Gasteiger partial charge on any atom is 0.491 e. The van der Waals surface area contributed by atoms with Gasteiger partial charge in [-0.15, -0.1) is 0 Å². The molecule has 5 nitrogen and oxygen atoms in total. The molecular weight excluding hydrogens is 133 g/mol. The first-order chi connectivity index (χ1) is 3.68. The number of hydrogen-bond donors (Lipinski definition) is 3. The summed E-state index contributed by atoms with van der Waals surface area (Å²) in [4.78, 5) is 16.3. The summed E-state index contributed by atoms with van der Waals surface area (Å²) < 4.78 is 8.51. The van der Waals surface area contributed by atoms with Gasteiger partial charge in [0.2, 0.25) is 0 Å². The number of aliphatic carboxylic acids is 1. The van der Waals surface area contributed by atoms with Crippen molar-refractivity contribution in [2.45, 2.75) is 0 Å². The van der Waals surface area contributed by atoms with E-state index >= 15 is 0 Å². The molecule has 4 N–H and O–H groups in total. The van der Waals surface area contributed by atoms with E-state index < -0.39 is 14.7 Å². The van der Waals surface area contributed by atoms with Gasteiger partial charge in [0, 0.05) is 0 Å². The molecule has 0 aliphatic carbocycles. The van der Waals surface area contributed by atoms with Crippen LogP contribution in [0.4, 0.5) is 0 Å². The van der Waals surface area contributed by atoms with E-state index in [1.807, 2.05) is 0 Å². The van der Waals surface area contributed by atoms with Crippen LogP contribution in [0.2, 0.25) is 0 Å². The van der Waals surface area contributed by atoms with Crippen molar-refractivity contribution in [3.05, 3.63) is 0 Å². The number of nitrogens with two attached hydrogens (primary N) is 1. The predicted molar refractivity (Wildman–Crippen MR) is 27.9 cm³/mol. The Kier molecular flexibility index (Phi) is 12.7. The fourth-order valence-corrected chi connectivity index (χ4v) is 0. The Labute approximate surface area is 47.4 Å². The smallest absolute Gasteiger partial charge is 0.480 e. The summed E-state index contributed by atoms with van der Waals surface area (Å²) >= 11 is 0. The lowest BCUT2D eigenvalue weighted by Gasteiger charge is -1.73. The van der Waals surface area contributed by atoms with Gasteiger partial charge in [-0.2, -0.15) is 4.89 Å². The quantitative estimate of drug-likeness (QED) is 0.403. The number of carboxylic acid groups (broad SMARTS) is 1. The number of rotatable bonds is 1. The molecule has 0 saturated heterocycles. The van der Waals surface area contributed by atoms with Crippen LogP contribution in [0.3, 0.4) is 0 Å². The number of carbonyl (C=O) groups is 1. The first-order valence-electron chi connectivity index (χ1n) is 1.62. The van der Waals surface area contributed by atoms with Crippen molar-refractivity contribution in [2.75, 3.05) is 6.54 Å². The van der Waals surface area contributed by atoms with Gasteiger partial charge in [0.1, 0.15) is 0 Å². The minimum absolute atomic E-state index is 0.278. The fourth-order valence-electron chi connectivity index (χ4n) is 0. The maximum absolute atomic E-state index is 9.24. The third kappa shape index (κ3) is 49.9. The molecule has 6 heteroatoms. The standard InChI is InChI=1S/C2H5NO2.HO2P/c3-1-2(4)5;1-3-2/h1,3H2,(H,4,5);3H/p+1. The van der Waals surface area contributed by atoms with Gasteiger partial charge in [-0.3, -0.25) is 4.79 Å². The Morgan fingerprint density at radius 2 is 1.88 bits per heavy atom. The zero-order valence-corrected chi connectivity index (χ0v) is 5.00. The van der Waals surface area contributed by atoms with Gasteiger partial charge in [0.25, 0.3) is 0 Å². The Balaban J connectivity index is 0. The van der Waals surface area contributed by atoms with E-state index in [1.54, 1.807) is 0 Å². The molecule has 0 aromatic heterocycles. The normalized spacial score (nSPS) is 7.25. The van der Waals surface area contributed by atoms with Crippen molar-refractivity contribution >= 4 is 14.7 Å². The summed E-state index contributed by atoms with van der Waals surface area (Å²) in [5.41, 5.74) is 4.57. The average Bonchev–Trinajstić information content (AvgIpc) is 1.69. The molecule has 0 fully saturated rings. The van der Waals surface area contributed by atoms with Gasteiger partial charge in [-0.05, 0) is 4.57 Å². The van der Waals surface area contributed by atoms with Crippen molar-refractivity contribution < 1.29 is 19.4 Å². The van der Waals surface area contributed by atoms with Crippen molar-refractivity contribution in [2.24, 2.45) is 5.73 Å². The van der Waals surface area contributed by atoms with Gasteiger partial charge in [-0.25, -0.2) is 0 Å². The predicted octanol–water partition coefficient (Wildman–Crippen LogP) is -1.05. The van der Waals surface area contributed by atoms with E-state index in [-0.39, 0.29) is 6.54 Å². The van der Waals surface area contributed by atoms with Crippen LogP contribution < -0.4 is 5.73 Å². The van der Waals surface area contributed by atoms with Gasteiger partial charge >= 0.3 is 14.7 Å². The first kappa shape index (κ1) is 10.5. The third-order valence-corrected chi connectivity index (χ3v) is 0.175. The van der Waals surface area contributed by atoms with Gasteiger partial charge in [0.05, 0.1) is 6.54 Å². The monoisotopic (exact) mass is 140 g/mol. The molecule has 0 radical (unpaired) electrons. The van der Waals surface area contributed by atoms with Crippen LogP contribution >= 0.6 is 8.69 Å². The maximum atomic E-state index is 9.24. The zero-order valence-electron chi connectivity index (χ0n) is 4.00. The van der Waals surface area contributed by atoms with Crippen LogP contribution in [0.15, 0.2) is 0 Å². The highest BCUT2D eigenvalue weighted by molar-refractivity contribution is 7.16. The summed E-state index contributed by atoms with van der Waals surface area (Å²) in [5, 5.41) is 7.60. The number of hydrogen-bond acceptors (Lipinski definition) is 3. The zero-order chi connectivity index (χ0) is 6.99. The highest BCUT2D eigenvalue weighted by Crippen LogP contribution is 1.66. The summed E-state index contributed by atoms with van der Waals surface area (Å²) in [7, 11) is -1.17.